The highest BCUT2D eigenvalue weighted by Crippen LogP contribution is 2.29. The van der Waals surface area contributed by atoms with Gasteiger partial charge in [-0.3, -0.25) is 9.97 Å². The topological polar surface area (TPSA) is 114 Å². The minimum atomic E-state index is 0.164. The monoisotopic (exact) mass is 634 g/mol. The number of aromatic nitrogens is 4. The van der Waals surface area contributed by atoms with Crippen LogP contribution in [-0.2, 0) is 0 Å². The van der Waals surface area contributed by atoms with Gasteiger partial charge in [0.05, 0.1) is 36.2 Å². The van der Waals surface area contributed by atoms with Gasteiger partial charge in [0.1, 0.15) is 11.6 Å². The zero-order valence-corrected chi connectivity index (χ0v) is 27.4. The fourth-order valence-electron chi connectivity index (χ4n) is 5.24. The highest BCUT2D eigenvalue weighted by molar-refractivity contribution is 5.64. The van der Waals surface area contributed by atoms with Crippen LogP contribution in [-0.4, -0.2) is 26.5 Å². The fourth-order valence-corrected chi connectivity index (χ4v) is 5.24. The molecule has 0 spiro atoms. The summed E-state index contributed by atoms with van der Waals surface area (Å²) in [5, 5.41) is 10.3. The lowest BCUT2D eigenvalue weighted by Crippen LogP contribution is -2.08. The summed E-state index contributed by atoms with van der Waals surface area (Å²) < 4.78 is 0. The van der Waals surface area contributed by atoms with Gasteiger partial charge < -0.3 is 21.7 Å². The molecule has 48 heavy (non-hydrogen) atoms. The number of nitrogens with zero attached hydrogens (tertiary/aromatic N) is 4. The van der Waals surface area contributed by atoms with Gasteiger partial charge in [0.25, 0.3) is 0 Å². The van der Waals surface area contributed by atoms with Gasteiger partial charge in [-0.1, -0.05) is 84.9 Å². The third-order valence-electron chi connectivity index (χ3n) is 8.28. The average Bonchev–Trinajstić information content (AvgIpc) is 3.97. The largest absolute Gasteiger partial charge is 0.399 e. The number of hydrogen-bond acceptors (Lipinski definition) is 8. The summed E-state index contributed by atoms with van der Waals surface area (Å²) in [6.07, 6.45) is 9.80. The van der Waals surface area contributed by atoms with Crippen molar-refractivity contribution in [2.45, 2.75) is 38.8 Å². The van der Waals surface area contributed by atoms with Gasteiger partial charge in [-0.05, 0) is 68.0 Å². The molecule has 7 rings (SSSR count). The van der Waals surface area contributed by atoms with Crippen LogP contribution < -0.4 is 21.7 Å². The third-order valence-corrected chi connectivity index (χ3v) is 8.28. The van der Waals surface area contributed by atoms with Crippen LogP contribution in [0.15, 0.2) is 134 Å². The van der Waals surface area contributed by atoms with E-state index < -0.39 is 0 Å². The summed E-state index contributed by atoms with van der Waals surface area (Å²) in [4.78, 5) is 18.0. The van der Waals surface area contributed by atoms with Gasteiger partial charge in [0.15, 0.2) is 0 Å². The van der Waals surface area contributed by atoms with E-state index in [1.54, 1.807) is 18.6 Å². The zero-order chi connectivity index (χ0) is 33.1. The predicted molar refractivity (Wildman–Crippen MR) is 198 cm³/mol. The molecule has 1 aliphatic carbocycles. The van der Waals surface area contributed by atoms with E-state index in [1.807, 2.05) is 54.7 Å². The molecule has 1 fully saturated rings. The molecule has 8 heteroatoms. The second-order valence-electron chi connectivity index (χ2n) is 12.2. The van der Waals surface area contributed by atoms with E-state index in [0.29, 0.717) is 0 Å². The highest BCUT2D eigenvalue weighted by atomic mass is 15.0. The van der Waals surface area contributed by atoms with Gasteiger partial charge in [0.2, 0.25) is 0 Å². The lowest BCUT2D eigenvalue weighted by molar-refractivity contribution is 0.872. The van der Waals surface area contributed by atoms with Crippen LogP contribution in [0, 0.1) is 5.92 Å². The van der Waals surface area contributed by atoms with Crippen molar-refractivity contribution in [1.82, 2.24) is 19.9 Å². The molecule has 1 aliphatic rings. The Balaban J connectivity index is 0.000000170. The van der Waals surface area contributed by atoms with Crippen LogP contribution in [0.1, 0.15) is 49.9 Å². The van der Waals surface area contributed by atoms with E-state index in [-0.39, 0.29) is 12.1 Å². The SMILES string of the molecule is C[C@H](Nc1cncc(-c2ccc(N)cc2)n1)c1ccccc1.C[C@H](Nc1cncc(-c2ccc(NCC3CC3)cc2)n1)c1ccccc1. The minimum absolute atomic E-state index is 0.164. The van der Waals surface area contributed by atoms with Crippen molar-refractivity contribution in [3.63, 3.8) is 0 Å². The van der Waals surface area contributed by atoms with E-state index in [2.05, 4.69) is 105 Å². The third kappa shape index (κ3) is 9.16. The molecule has 6 aromatic rings. The Morgan fingerprint density at radius 3 is 1.52 bits per heavy atom. The van der Waals surface area contributed by atoms with Crippen molar-refractivity contribution in [2.24, 2.45) is 5.92 Å². The molecule has 2 atom stereocenters. The van der Waals surface area contributed by atoms with Crippen molar-refractivity contribution in [3.05, 3.63) is 145 Å². The number of nitrogens with one attached hydrogen (secondary N) is 3. The second kappa shape index (κ2) is 15.7. The van der Waals surface area contributed by atoms with E-state index in [4.69, 9.17) is 10.7 Å². The quantitative estimate of drug-likeness (QED) is 0.104. The van der Waals surface area contributed by atoms with Crippen molar-refractivity contribution >= 4 is 23.0 Å². The number of benzene rings is 4. The zero-order valence-electron chi connectivity index (χ0n) is 27.4. The lowest BCUT2D eigenvalue weighted by atomic mass is 10.1. The van der Waals surface area contributed by atoms with Crippen molar-refractivity contribution in [2.75, 3.05) is 28.2 Å². The number of rotatable bonds is 11. The average molecular weight is 635 g/mol. The van der Waals surface area contributed by atoms with E-state index in [1.165, 1.54) is 29.7 Å². The van der Waals surface area contributed by atoms with E-state index in [9.17, 15) is 0 Å². The molecule has 0 saturated heterocycles. The first-order valence-electron chi connectivity index (χ1n) is 16.5. The summed E-state index contributed by atoms with van der Waals surface area (Å²) in [6, 6.07) is 37.0. The first kappa shape index (κ1) is 32.2. The molecular formula is C40H42N8. The number of hydrogen-bond donors (Lipinski definition) is 4. The maximum absolute atomic E-state index is 5.72. The van der Waals surface area contributed by atoms with Gasteiger partial charge >= 0.3 is 0 Å². The predicted octanol–water partition coefficient (Wildman–Crippen LogP) is 9.04. The van der Waals surface area contributed by atoms with Crippen LogP contribution in [0.25, 0.3) is 22.5 Å². The van der Waals surface area contributed by atoms with E-state index in [0.717, 1.165) is 52.3 Å². The van der Waals surface area contributed by atoms with Gasteiger partial charge in [0, 0.05) is 41.1 Å². The van der Waals surface area contributed by atoms with Crippen molar-refractivity contribution < 1.29 is 0 Å². The Labute approximate surface area is 283 Å². The summed E-state index contributed by atoms with van der Waals surface area (Å²) >= 11 is 0. The summed E-state index contributed by atoms with van der Waals surface area (Å²) in [5.74, 6) is 2.41. The Morgan fingerprint density at radius 2 is 1.06 bits per heavy atom. The van der Waals surface area contributed by atoms with Gasteiger partial charge in [-0.25, -0.2) is 9.97 Å². The number of nitrogen functional groups attached to an aromatic ring is 1. The second-order valence-corrected chi connectivity index (χ2v) is 12.2. The molecule has 5 N–H and O–H groups in total. The maximum Gasteiger partial charge on any atom is 0.145 e. The maximum atomic E-state index is 5.72. The van der Waals surface area contributed by atoms with Crippen LogP contribution >= 0.6 is 0 Å². The Morgan fingerprint density at radius 1 is 0.604 bits per heavy atom. The Bertz CT molecular complexity index is 1860. The molecule has 242 valence electrons. The van der Waals surface area contributed by atoms with Gasteiger partial charge in [-0.15, -0.1) is 0 Å². The molecule has 0 radical (unpaired) electrons. The minimum Gasteiger partial charge on any atom is -0.399 e. The summed E-state index contributed by atoms with van der Waals surface area (Å²) in [6.45, 7) is 5.31. The lowest BCUT2D eigenvalue weighted by Gasteiger charge is -2.15. The van der Waals surface area contributed by atoms with Crippen LogP contribution in [0.3, 0.4) is 0 Å². The molecule has 0 aliphatic heterocycles. The van der Waals surface area contributed by atoms with E-state index >= 15 is 0 Å². The van der Waals surface area contributed by atoms with Crippen LogP contribution in [0.5, 0.6) is 0 Å². The summed E-state index contributed by atoms with van der Waals surface area (Å²) in [7, 11) is 0. The van der Waals surface area contributed by atoms with Crippen LogP contribution in [0.4, 0.5) is 23.0 Å². The smallest absolute Gasteiger partial charge is 0.145 e. The molecule has 0 bridgehead atoms. The molecular weight excluding hydrogens is 592 g/mol. The molecule has 0 unspecified atom stereocenters. The standard InChI is InChI=1S/C22H24N4.C18H18N4/c1-16(18-5-3-2-4-6-18)25-22-15-23-14-21(26-22)19-9-11-20(12-10-19)24-13-17-7-8-17;1-13(14-5-3-2-4-6-14)21-18-12-20-11-17(22-18)15-7-9-16(19)10-8-15/h2-6,9-12,14-17,24H,7-8,13H2,1H3,(H,25,26);2-13H,19H2,1H3,(H,21,22)/t16-;13-/m00/s1. The molecule has 0 amide bonds. The molecule has 8 nitrogen and oxygen atoms in total. The normalized spacial score (nSPS) is 13.4. The fraction of sp³-hybridized carbons (Fsp3) is 0.200. The Hall–Kier alpha value is -5.76. The molecule has 2 heterocycles. The van der Waals surface area contributed by atoms with Crippen molar-refractivity contribution in [1.29, 1.82) is 0 Å². The molecule has 1 saturated carbocycles. The molecule has 4 aromatic carbocycles. The Kier molecular flexibility index (Phi) is 10.5. The first-order chi connectivity index (χ1) is 23.5. The summed E-state index contributed by atoms with van der Waals surface area (Å²) in [5.41, 5.74) is 13.8. The van der Waals surface area contributed by atoms with Crippen LogP contribution in [0.2, 0.25) is 0 Å². The number of nitrogens with two attached hydrogens (primary N) is 1. The van der Waals surface area contributed by atoms with Crippen molar-refractivity contribution in [3.8, 4) is 22.5 Å². The highest BCUT2D eigenvalue weighted by Gasteiger charge is 2.20. The first-order valence-corrected chi connectivity index (χ1v) is 16.5. The van der Waals surface area contributed by atoms with Gasteiger partial charge in [-0.2, -0.15) is 0 Å². The number of anilines is 4. The molecule has 2 aromatic heterocycles.